The predicted octanol–water partition coefficient (Wildman–Crippen LogP) is 3.12. The molecule has 20 heavy (non-hydrogen) atoms. The Bertz CT molecular complexity index is 500. The molecule has 1 amide bonds. The molecule has 4 nitrogen and oxygen atoms in total. The molecule has 1 aliphatic rings. The fourth-order valence-electron chi connectivity index (χ4n) is 1.54. The second-order valence-corrected chi connectivity index (χ2v) is 4.26. The summed E-state index contributed by atoms with van der Waals surface area (Å²) in [6.07, 6.45) is -4.42. The van der Waals surface area contributed by atoms with E-state index in [0.29, 0.717) is 19.2 Å². The normalized spacial score (nSPS) is 14.9. The molecule has 0 unspecified atom stereocenters. The maximum atomic E-state index is 13.4. The lowest BCUT2D eigenvalue weighted by Gasteiger charge is -2.28. The summed E-state index contributed by atoms with van der Waals surface area (Å²) in [6.45, 7) is 0.678. The molecular formula is C12H11F4NO3. The van der Waals surface area contributed by atoms with Gasteiger partial charge in [0.05, 0.1) is 5.56 Å². The third kappa shape index (κ3) is 3.38. The Balaban J connectivity index is 1.88. The van der Waals surface area contributed by atoms with E-state index in [-0.39, 0.29) is 5.56 Å². The van der Waals surface area contributed by atoms with Crippen LogP contribution in [0.25, 0.3) is 0 Å². The van der Waals surface area contributed by atoms with Gasteiger partial charge in [-0.25, -0.2) is 9.18 Å². The molecule has 0 radical (unpaired) electrons. The summed E-state index contributed by atoms with van der Waals surface area (Å²) in [7, 11) is 0. The van der Waals surface area contributed by atoms with Crippen LogP contribution in [0.1, 0.15) is 17.5 Å². The first-order valence-electron chi connectivity index (χ1n) is 5.82. The summed E-state index contributed by atoms with van der Waals surface area (Å²) >= 11 is 0. The minimum Gasteiger partial charge on any atom is -0.306 e. The summed E-state index contributed by atoms with van der Waals surface area (Å²) in [5.41, 5.74) is -1.22. The molecule has 1 heterocycles. The third-order valence-corrected chi connectivity index (χ3v) is 2.84. The molecule has 1 fully saturated rings. The van der Waals surface area contributed by atoms with Gasteiger partial charge in [-0.15, -0.1) is 0 Å². The van der Waals surface area contributed by atoms with Crippen molar-refractivity contribution in [3.8, 4) is 0 Å². The van der Waals surface area contributed by atoms with Crippen molar-refractivity contribution >= 4 is 6.09 Å². The van der Waals surface area contributed by atoms with Gasteiger partial charge in [-0.1, -0.05) is 6.07 Å². The van der Waals surface area contributed by atoms with E-state index in [2.05, 4.69) is 9.78 Å². The molecule has 0 spiro atoms. The van der Waals surface area contributed by atoms with Gasteiger partial charge in [0.2, 0.25) is 0 Å². The van der Waals surface area contributed by atoms with Crippen LogP contribution in [0.4, 0.5) is 22.4 Å². The molecule has 0 N–H and O–H groups in total. The number of hydrogen-bond acceptors (Lipinski definition) is 3. The number of nitrogens with zero attached hydrogens (tertiary/aromatic N) is 1. The highest BCUT2D eigenvalue weighted by Crippen LogP contribution is 2.30. The highest BCUT2D eigenvalue weighted by molar-refractivity contribution is 5.67. The first-order valence-corrected chi connectivity index (χ1v) is 5.82. The van der Waals surface area contributed by atoms with Crippen LogP contribution in [-0.2, 0) is 22.6 Å². The zero-order valence-corrected chi connectivity index (χ0v) is 10.2. The predicted molar refractivity (Wildman–Crippen MR) is 58.9 cm³/mol. The smallest absolute Gasteiger partial charge is 0.306 e. The van der Waals surface area contributed by atoms with Crippen molar-refractivity contribution in [2.24, 2.45) is 0 Å². The van der Waals surface area contributed by atoms with Crippen LogP contribution in [0.15, 0.2) is 18.2 Å². The van der Waals surface area contributed by atoms with Gasteiger partial charge in [-0.05, 0) is 18.6 Å². The van der Waals surface area contributed by atoms with Crippen molar-refractivity contribution in [1.29, 1.82) is 0 Å². The van der Waals surface area contributed by atoms with Crippen LogP contribution in [0.3, 0.4) is 0 Å². The van der Waals surface area contributed by atoms with Crippen molar-refractivity contribution in [3.05, 3.63) is 35.1 Å². The minimum atomic E-state index is -4.61. The van der Waals surface area contributed by atoms with Crippen molar-refractivity contribution < 1.29 is 32.1 Å². The molecule has 1 aliphatic heterocycles. The van der Waals surface area contributed by atoms with Gasteiger partial charge in [-0.3, -0.25) is 4.89 Å². The van der Waals surface area contributed by atoms with E-state index in [4.69, 9.17) is 0 Å². The van der Waals surface area contributed by atoms with Crippen LogP contribution in [-0.4, -0.2) is 24.1 Å². The quantitative estimate of drug-likeness (QED) is 0.488. The van der Waals surface area contributed by atoms with Gasteiger partial charge in [0, 0.05) is 18.7 Å². The summed E-state index contributed by atoms with van der Waals surface area (Å²) in [5, 5.41) is 0. The second-order valence-electron chi connectivity index (χ2n) is 4.26. The number of halogens is 4. The Morgan fingerprint density at radius 3 is 2.50 bits per heavy atom. The van der Waals surface area contributed by atoms with Crippen LogP contribution in [0.2, 0.25) is 0 Å². The fraction of sp³-hybridized carbons (Fsp3) is 0.417. The molecule has 2 rings (SSSR count). The van der Waals surface area contributed by atoms with Crippen molar-refractivity contribution in [2.75, 3.05) is 13.1 Å². The number of rotatable bonds is 3. The molecule has 1 aromatic carbocycles. The lowest BCUT2D eigenvalue weighted by Crippen LogP contribution is -2.42. The topological polar surface area (TPSA) is 38.8 Å². The Kier molecular flexibility index (Phi) is 4.12. The average Bonchev–Trinajstić information content (AvgIpc) is 2.27. The van der Waals surface area contributed by atoms with Gasteiger partial charge < -0.3 is 4.90 Å². The lowest BCUT2D eigenvalue weighted by molar-refractivity contribution is -0.257. The molecule has 1 aromatic rings. The van der Waals surface area contributed by atoms with E-state index < -0.39 is 30.3 Å². The van der Waals surface area contributed by atoms with Crippen LogP contribution >= 0.6 is 0 Å². The number of amides is 1. The van der Waals surface area contributed by atoms with Crippen LogP contribution < -0.4 is 0 Å². The van der Waals surface area contributed by atoms with Gasteiger partial charge in [0.1, 0.15) is 12.4 Å². The molecule has 0 aromatic heterocycles. The van der Waals surface area contributed by atoms with Crippen LogP contribution in [0, 0.1) is 5.82 Å². The number of carbonyl (C=O) groups excluding carboxylic acids is 1. The molecule has 0 atom stereocenters. The minimum absolute atomic E-state index is 0.130. The van der Waals surface area contributed by atoms with E-state index in [0.717, 1.165) is 18.6 Å². The molecule has 0 saturated carbocycles. The van der Waals surface area contributed by atoms with Gasteiger partial charge in [-0.2, -0.15) is 18.1 Å². The number of alkyl halides is 3. The van der Waals surface area contributed by atoms with E-state index in [1.54, 1.807) is 0 Å². The van der Waals surface area contributed by atoms with Crippen molar-refractivity contribution in [2.45, 2.75) is 19.2 Å². The molecule has 8 heteroatoms. The maximum absolute atomic E-state index is 13.4. The summed E-state index contributed by atoms with van der Waals surface area (Å²) in [5.74, 6) is -1.07. The molecular weight excluding hydrogens is 282 g/mol. The third-order valence-electron chi connectivity index (χ3n) is 2.84. The first-order chi connectivity index (χ1) is 9.38. The molecule has 1 saturated heterocycles. The van der Waals surface area contributed by atoms with Gasteiger partial charge in [0.25, 0.3) is 0 Å². The van der Waals surface area contributed by atoms with Crippen molar-refractivity contribution in [1.82, 2.24) is 4.90 Å². The monoisotopic (exact) mass is 293 g/mol. The summed E-state index contributed by atoms with van der Waals surface area (Å²) in [4.78, 5) is 21.5. The average molecular weight is 293 g/mol. The number of hydrogen-bond donors (Lipinski definition) is 0. The maximum Gasteiger partial charge on any atom is 0.441 e. The summed E-state index contributed by atoms with van der Waals surface area (Å²) in [6, 6.07) is 2.05. The van der Waals surface area contributed by atoms with Crippen molar-refractivity contribution in [3.63, 3.8) is 0 Å². The zero-order valence-electron chi connectivity index (χ0n) is 10.2. The van der Waals surface area contributed by atoms with Gasteiger partial charge in [0.15, 0.2) is 0 Å². The zero-order chi connectivity index (χ0) is 14.8. The van der Waals surface area contributed by atoms with E-state index in [9.17, 15) is 22.4 Å². The highest BCUT2D eigenvalue weighted by Gasteiger charge is 2.31. The SMILES string of the molecule is O=C(OOCc1ccc(C(F)(F)F)cc1F)N1CCC1. The second kappa shape index (κ2) is 5.66. The fourth-order valence-corrected chi connectivity index (χ4v) is 1.54. The van der Waals surface area contributed by atoms with Gasteiger partial charge >= 0.3 is 12.3 Å². The highest BCUT2D eigenvalue weighted by atomic mass is 19.4. The Morgan fingerprint density at radius 1 is 1.30 bits per heavy atom. The number of benzene rings is 1. The molecule has 0 bridgehead atoms. The number of carbonyl (C=O) groups is 1. The molecule has 0 aliphatic carbocycles. The molecule has 110 valence electrons. The Labute approximate surface area is 111 Å². The standard InChI is InChI=1S/C12H11F4NO3/c13-10-6-9(12(14,15)16)3-2-8(10)7-19-20-11(18)17-4-1-5-17/h2-3,6H,1,4-5,7H2. The Morgan fingerprint density at radius 2 is 2.00 bits per heavy atom. The van der Waals surface area contributed by atoms with E-state index >= 15 is 0 Å². The van der Waals surface area contributed by atoms with E-state index in [1.807, 2.05) is 0 Å². The Hall–Kier alpha value is -1.83. The van der Waals surface area contributed by atoms with Crippen LogP contribution in [0.5, 0.6) is 0 Å². The lowest BCUT2D eigenvalue weighted by atomic mass is 10.1. The first kappa shape index (κ1) is 14.6. The number of likely N-dealkylation sites (tertiary alicyclic amines) is 1. The largest absolute Gasteiger partial charge is 0.441 e. The van der Waals surface area contributed by atoms with E-state index in [1.165, 1.54) is 4.90 Å². The summed E-state index contributed by atoms with van der Waals surface area (Å²) < 4.78 is 50.4.